The van der Waals surface area contributed by atoms with Crippen molar-refractivity contribution in [1.29, 1.82) is 0 Å². The van der Waals surface area contributed by atoms with Crippen LogP contribution in [-0.2, 0) is 11.2 Å². The number of halogens is 7. The molecule has 0 atom stereocenters. The normalized spacial score (nSPS) is 11.7. The van der Waals surface area contributed by atoms with Gasteiger partial charge in [0.05, 0.1) is 0 Å². The average molecular weight is 260 g/mol. The molecule has 0 unspecified atom stereocenters. The molecule has 0 bridgehead atoms. The summed E-state index contributed by atoms with van der Waals surface area (Å²) in [5, 5.41) is 0. The molecule has 0 aliphatic carbocycles. The first-order chi connectivity index (χ1) is 7.64. The van der Waals surface area contributed by atoms with Crippen molar-refractivity contribution >= 4 is 5.78 Å². The summed E-state index contributed by atoms with van der Waals surface area (Å²) >= 11 is 0. The Labute approximate surface area is 89.8 Å². The Morgan fingerprint density at radius 1 is 1.00 bits per heavy atom. The lowest BCUT2D eigenvalue weighted by molar-refractivity contribution is -0.170. The van der Waals surface area contributed by atoms with Crippen LogP contribution in [0.15, 0.2) is 6.07 Å². The molecule has 0 fully saturated rings. The zero-order valence-corrected chi connectivity index (χ0v) is 7.84. The van der Waals surface area contributed by atoms with Gasteiger partial charge in [-0.3, -0.25) is 4.79 Å². The standard InChI is InChI=1S/C9H3F7O/c10-4-2-5(11)8(13)3(7(4)12)1-6(17)9(14,15)16/h2H,1H2. The molecule has 1 aromatic rings. The highest BCUT2D eigenvalue weighted by Gasteiger charge is 2.39. The molecule has 0 N–H and O–H groups in total. The van der Waals surface area contributed by atoms with Crippen molar-refractivity contribution in [2.24, 2.45) is 0 Å². The third-order valence-electron chi connectivity index (χ3n) is 1.86. The maximum Gasteiger partial charge on any atom is 0.450 e. The number of benzene rings is 1. The van der Waals surface area contributed by atoms with E-state index in [1.165, 1.54) is 0 Å². The summed E-state index contributed by atoms with van der Waals surface area (Å²) in [6, 6.07) is -0.160. The van der Waals surface area contributed by atoms with Gasteiger partial charge < -0.3 is 0 Å². The van der Waals surface area contributed by atoms with E-state index in [9.17, 15) is 35.5 Å². The van der Waals surface area contributed by atoms with Gasteiger partial charge in [0.1, 0.15) is 0 Å². The van der Waals surface area contributed by atoms with Crippen LogP contribution in [0.25, 0.3) is 0 Å². The van der Waals surface area contributed by atoms with Crippen LogP contribution >= 0.6 is 0 Å². The minimum Gasteiger partial charge on any atom is -0.289 e. The number of rotatable bonds is 2. The van der Waals surface area contributed by atoms with Crippen molar-refractivity contribution in [2.75, 3.05) is 0 Å². The van der Waals surface area contributed by atoms with Gasteiger partial charge in [0.25, 0.3) is 0 Å². The van der Waals surface area contributed by atoms with Crippen LogP contribution in [0.1, 0.15) is 5.56 Å². The van der Waals surface area contributed by atoms with E-state index in [0.717, 1.165) is 0 Å². The first-order valence-electron chi connectivity index (χ1n) is 4.06. The first-order valence-corrected chi connectivity index (χ1v) is 4.06. The van der Waals surface area contributed by atoms with E-state index >= 15 is 0 Å². The summed E-state index contributed by atoms with van der Waals surface area (Å²) < 4.78 is 86.4. The quantitative estimate of drug-likeness (QED) is 0.590. The van der Waals surface area contributed by atoms with Crippen LogP contribution in [0.4, 0.5) is 30.7 Å². The number of carbonyl (C=O) groups excluding carboxylic acids is 1. The fourth-order valence-electron chi connectivity index (χ4n) is 1.04. The molecule has 0 heterocycles. The van der Waals surface area contributed by atoms with E-state index in [1.807, 2.05) is 0 Å². The van der Waals surface area contributed by atoms with Crippen molar-refractivity contribution in [3.63, 3.8) is 0 Å². The maximum atomic E-state index is 12.9. The lowest BCUT2D eigenvalue weighted by atomic mass is 10.1. The molecule has 0 aliphatic heterocycles. The van der Waals surface area contributed by atoms with Crippen LogP contribution in [0, 0.1) is 23.3 Å². The number of carbonyl (C=O) groups is 1. The lowest BCUT2D eigenvalue weighted by Gasteiger charge is -2.08. The van der Waals surface area contributed by atoms with Crippen molar-refractivity contribution in [3.05, 3.63) is 34.9 Å². The Bertz CT molecular complexity index is 437. The third-order valence-corrected chi connectivity index (χ3v) is 1.86. The smallest absolute Gasteiger partial charge is 0.289 e. The zero-order chi connectivity index (χ0) is 13.4. The SMILES string of the molecule is O=C(Cc1c(F)c(F)cc(F)c1F)C(F)(F)F. The summed E-state index contributed by atoms with van der Waals surface area (Å²) in [5.74, 6) is -10.3. The molecule has 0 spiro atoms. The van der Waals surface area contributed by atoms with Crippen molar-refractivity contribution in [2.45, 2.75) is 12.6 Å². The topological polar surface area (TPSA) is 17.1 Å². The minimum atomic E-state index is -5.33. The van der Waals surface area contributed by atoms with Gasteiger partial charge in [-0.15, -0.1) is 0 Å². The van der Waals surface area contributed by atoms with Crippen molar-refractivity contribution in [3.8, 4) is 0 Å². The Kier molecular flexibility index (Phi) is 3.44. The number of hydrogen-bond acceptors (Lipinski definition) is 1. The van der Waals surface area contributed by atoms with Crippen LogP contribution in [0.2, 0.25) is 0 Å². The van der Waals surface area contributed by atoms with Gasteiger partial charge in [0, 0.05) is 18.1 Å². The average Bonchev–Trinajstić information content (AvgIpc) is 2.20. The molecule has 0 saturated carbocycles. The van der Waals surface area contributed by atoms with Gasteiger partial charge in [-0.05, 0) is 0 Å². The van der Waals surface area contributed by atoms with E-state index in [1.54, 1.807) is 0 Å². The van der Waals surface area contributed by atoms with Gasteiger partial charge in [0.2, 0.25) is 5.78 Å². The fraction of sp³-hybridized carbons (Fsp3) is 0.222. The largest absolute Gasteiger partial charge is 0.450 e. The Morgan fingerprint density at radius 2 is 1.41 bits per heavy atom. The molecule has 1 aromatic carbocycles. The van der Waals surface area contributed by atoms with Crippen molar-refractivity contribution < 1.29 is 35.5 Å². The monoisotopic (exact) mass is 260 g/mol. The zero-order valence-electron chi connectivity index (χ0n) is 7.84. The highest BCUT2D eigenvalue weighted by Crippen LogP contribution is 2.24. The molecule has 0 aromatic heterocycles. The molecule has 0 aliphatic rings. The Morgan fingerprint density at radius 3 is 1.76 bits per heavy atom. The molecule has 0 amide bonds. The van der Waals surface area contributed by atoms with Gasteiger partial charge in [0.15, 0.2) is 23.3 Å². The van der Waals surface area contributed by atoms with Crippen LogP contribution < -0.4 is 0 Å². The number of hydrogen-bond donors (Lipinski definition) is 0. The van der Waals surface area contributed by atoms with Crippen molar-refractivity contribution in [1.82, 2.24) is 0 Å². The lowest BCUT2D eigenvalue weighted by Crippen LogP contribution is -2.25. The number of ketones is 1. The summed E-state index contributed by atoms with van der Waals surface area (Å²) in [4.78, 5) is 10.5. The highest BCUT2D eigenvalue weighted by molar-refractivity contribution is 5.86. The second-order valence-corrected chi connectivity index (χ2v) is 3.04. The summed E-state index contributed by atoms with van der Waals surface area (Å²) in [6.45, 7) is 0. The van der Waals surface area contributed by atoms with E-state index in [2.05, 4.69) is 0 Å². The van der Waals surface area contributed by atoms with Gasteiger partial charge in [-0.25, -0.2) is 17.6 Å². The van der Waals surface area contributed by atoms with Gasteiger partial charge >= 0.3 is 6.18 Å². The predicted molar refractivity (Wildman–Crippen MR) is 41.0 cm³/mol. The van der Waals surface area contributed by atoms with Crippen LogP contribution in [0.5, 0.6) is 0 Å². The predicted octanol–water partition coefficient (Wildman–Crippen LogP) is 2.92. The minimum absolute atomic E-state index is 0.160. The molecule has 94 valence electrons. The molecule has 0 radical (unpaired) electrons. The van der Waals surface area contributed by atoms with Gasteiger partial charge in [-0.2, -0.15) is 13.2 Å². The summed E-state index contributed by atoms with van der Waals surface area (Å²) in [5.41, 5.74) is -1.58. The third kappa shape index (κ3) is 2.75. The maximum absolute atomic E-state index is 12.9. The highest BCUT2D eigenvalue weighted by atomic mass is 19.4. The fourth-order valence-corrected chi connectivity index (χ4v) is 1.04. The molecule has 1 nitrogen and oxygen atoms in total. The molecular weight excluding hydrogens is 257 g/mol. The van der Waals surface area contributed by atoms with E-state index < -0.39 is 47.2 Å². The number of alkyl halides is 3. The molecule has 1 rings (SSSR count). The van der Waals surface area contributed by atoms with E-state index in [0.29, 0.717) is 0 Å². The molecule has 8 heteroatoms. The molecule has 0 saturated heterocycles. The number of Topliss-reactive ketones (excluding diaryl/α,β-unsaturated/α-hetero) is 1. The second-order valence-electron chi connectivity index (χ2n) is 3.04. The second kappa shape index (κ2) is 4.34. The summed E-state index contributed by atoms with van der Waals surface area (Å²) in [6.07, 6.45) is -7.13. The Balaban J connectivity index is 3.20. The van der Waals surface area contributed by atoms with Gasteiger partial charge in [-0.1, -0.05) is 0 Å². The van der Waals surface area contributed by atoms with E-state index in [4.69, 9.17) is 0 Å². The van der Waals surface area contributed by atoms with Crippen LogP contribution in [0.3, 0.4) is 0 Å². The first kappa shape index (κ1) is 13.5. The Hall–Kier alpha value is -1.60. The molecule has 17 heavy (non-hydrogen) atoms. The van der Waals surface area contributed by atoms with E-state index in [-0.39, 0.29) is 6.07 Å². The summed E-state index contributed by atoms with van der Waals surface area (Å²) in [7, 11) is 0. The van der Waals surface area contributed by atoms with Crippen LogP contribution in [-0.4, -0.2) is 12.0 Å². The molecular formula is C9H3F7O.